The number of piperazine rings is 1. The monoisotopic (exact) mass is 422 g/mol. The van der Waals surface area contributed by atoms with Gasteiger partial charge in [0.2, 0.25) is 0 Å². The fourth-order valence-electron chi connectivity index (χ4n) is 3.39. The number of anilines is 1. The molecule has 0 bridgehead atoms. The van der Waals surface area contributed by atoms with Gasteiger partial charge < -0.3 is 9.80 Å². The Labute approximate surface area is 167 Å². The molecule has 1 aliphatic rings. The summed E-state index contributed by atoms with van der Waals surface area (Å²) in [5, 5.41) is 1.80. The van der Waals surface area contributed by atoms with Crippen LogP contribution in [0.15, 0.2) is 40.6 Å². The molecule has 1 saturated heterocycles. The number of fused-ring (bicyclic) bond motifs is 1. The third-order valence-electron chi connectivity index (χ3n) is 4.95. The number of hydrogen-bond acceptors (Lipinski definition) is 5. The highest BCUT2D eigenvalue weighted by Crippen LogP contribution is 2.31. The molecule has 1 aliphatic heterocycles. The molecule has 1 fully saturated rings. The summed E-state index contributed by atoms with van der Waals surface area (Å²) in [5.74, 6) is -0.411. The Hall–Kier alpha value is -2.88. The second-order valence-corrected chi connectivity index (χ2v) is 7.64. The Balaban J connectivity index is 1.50. The van der Waals surface area contributed by atoms with Gasteiger partial charge in [-0.15, -0.1) is 11.3 Å². The van der Waals surface area contributed by atoms with Gasteiger partial charge in [0.25, 0.3) is 11.5 Å². The number of aryl methyl sites for hydroxylation is 1. The second kappa shape index (κ2) is 7.18. The van der Waals surface area contributed by atoms with Crippen LogP contribution in [0.3, 0.4) is 0 Å². The summed E-state index contributed by atoms with van der Waals surface area (Å²) in [5.41, 5.74) is 0.0677. The SMILES string of the molecule is Cc1csc2ncc(C(=O)N3CCN(c4cccc(C(F)(F)F)c4)CC3)c(=O)n12. The van der Waals surface area contributed by atoms with Gasteiger partial charge >= 0.3 is 6.18 Å². The fraction of sp³-hybridized carbons (Fsp3) is 0.316. The summed E-state index contributed by atoms with van der Waals surface area (Å²) < 4.78 is 40.2. The minimum atomic E-state index is -4.40. The third-order valence-corrected chi connectivity index (χ3v) is 5.91. The van der Waals surface area contributed by atoms with Crippen molar-refractivity contribution in [3.63, 3.8) is 0 Å². The standard InChI is InChI=1S/C19H17F3N4O2S/c1-12-11-29-18-23-10-15(17(28)26(12)18)16(27)25-7-5-24(6-8-25)14-4-2-3-13(9-14)19(20,21)22/h2-4,9-11H,5-8H2,1H3. The molecule has 0 N–H and O–H groups in total. The van der Waals surface area contributed by atoms with E-state index in [9.17, 15) is 22.8 Å². The number of hydrogen-bond donors (Lipinski definition) is 0. The number of nitrogens with zero attached hydrogens (tertiary/aromatic N) is 4. The van der Waals surface area contributed by atoms with Crippen LogP contribution >= 0.6 is 11.3 Å². The molecule has 0 unspecified atom stereocenters. The van der Waals surface area contributed by atoms with Crippen molar-refractivity contribution >= 4 is 27.9 Å². The number of thiazole rings is 1. The van der Waals surface area contributed by atoms with E-state index in [2.05, 4.69) is 4.98 Å². The zero-order chi connectivity index (χ0) is 20.8. The van der Waals surface area contributed by atoms with Crippen LogP contribution in [0, 0.1) is 6.92 Å². The Morgan fingerprint density at radius 2 is 1.90 bits per heavy atom. The van der Waals surface area contributed by atoms with Gasteiger partial charge in [-0.2, -0.15) is 13.2 Å². The molecule has 3 heterocycles. The van der Waals surface area contributed by atoms with Crippen LogP contribution in [0.1, 0.15) is 21.6 Å². The van der Waals surface area contributed by atoms with Crippen molar-refractivity contribution in [3.8, 4) is 0 Å². The lowest BCUT2D eigenvalue weighted by molar-refractivity contribution is -0.137. The first-order valence-electron chi connectivity index (χ1n) is 8.93. The number of carbonyl (C=O) groups excluding carboxylic acids is 1. The van der Waals surface area contributed by atoms with Gasteiger partial charge in [0.1, 0.15) is 5.56 Å². The Bertz CT molecular complexity index is 1130. The first-order valence-corrected chi connectivity index (χ1v) is 9.81. The van der Waals surface area contributed by atoms with Gasteiger partial charge in [-0.25, -0.2) is 4.98 Å². The maximum absolute atomic E-state index is 12.9. The van der Waals surface area contributed by atoms with Crippen LogP contribution in [0.4, 0.5) is 18.9 Å². The zero-order valence-electron chi connectivity index (χ0n) is 15.4. The quantitative estimate of drug-likeness (QED) is 0.637. The minimum Gasteiger partial charge on any atom is -0.368 e. The van der Waals surface area contributed by atoms with Gasteiger partial charge in [-0.3, -0.25) is 14.0 Å². The molecule has 29 heavy (non-hydrogen) atoms. The van der Waals surface area contributed by atoms with E-state index >= 15 is 0 Å². The van der Waals surface area contributed by atoms with Crippen LogP contribution in [0.25, 0.3) is 4.96 Å². The van der Waals surface area contributed by atoms with Gasteiger partial charge in [0.15, 0.2) is 4.96 Å². The average molecular weight is 422 g/mol. The molecule has 4 rings (SSSR count). The first-order chi connectivity index (χ1) is 13.8. The van der Waals surface area contributed by atoms with Crippen LogP contribution in [0.5, 0.6) is 0 Å². The molecule has 10 heteroatoms. The van der Waals surface area contributed by atoms with E-state index in [-0.39, 0.29) is 5.56 Å². The summed E-state index contributed by atoms with van der Waals surface area (Å²) >= 11 is 1.33. The number of aromatic nitrogens is 2. The predicted molar refractivity (Wildman–Crippen MR) is 104 cm³/mol. The smallest absolute Gasteiger partial charge is 0.368 e. The van der Waals surface area contributed by atoms with Gasteiger partial charge in [-0.1, -0.05) is 6.07 Å². The highest BCUT2D eigenvalue weighted by molar-refractivity contribution is 7.15. The van der Waals surface area contributed by atoms with Gasteiger partial charge in [0.05, 0.1) is 5.56 Å². The maximum atomic E-state index is 12.9. The van der Waals surface area contributed by atoms with Crippen molar-refractivity contribution in [2.75, 3.05) is 31.1 Å². The Morgan fingerprint density at radius 1 is 1.17 bits per heavy atom. The molecule has 1 amide bonds. The lowest BCUT2D eigenvalue weighted by Gasteiger charge is -2.36. The number of halogens is 3. The molecule has 6 nitrogen and oxygen atoms in total. The van der Waals surface area contributed by atoms with Crippen LogP contribution in [0.2, 0.25) is 0 Å². The molecule has 0 spiro atoms. The summed E-state index contributed by atoms with van der Waals surface area (Å²) in [7, 11) is 0. The molecule has 0 radical (unpaired) electrons. The number of benzene rings is 1. The molecule has 0 aliphatic carbocycles. The lowest BCUT2D eigenvalue weighted by Crippen LogP contribution is -2.49. The lowest BCUT2D eigenvalue weighted by atomic mass is 10.1. The van der Waals surface area contributed by atoms with Crippen molar-refractivity contribution in [3.05, 3.63) is 63.0 Å². The van der Waals surface area contributed by atoms with Gasteiger partial charge in [0, 0.05) is 49.1 Å². The minimum absolute atomic E-state index is 0.00322. The highest BCUT2D eigenvalue weighted by Gasteiger charge is 2.31. The largest absolute Gasteiger partial charge is 0.416 e. The predicted octanol–water partition coefficient (Wildman–Crippen LogP) is 3.05. The summed E-state index contributed by atoms with van der Waals surface area (Å²) in [6.45, 7) is 3.14. The summed E-state index contributed by atoms with van der Waals surface area (Å²) in [6.07, 6.45) is -3.10. The topological polar surface area (TPSA) is 57.9 Å². The number of rotatable bonds is 2. The molecule has 152 valence electrons. The van der Waals surface area contributed by atoms with Crippen LogP contribution < -0.4 is 10.5 Å². The van der Waals surface area contributed by atoms with Crippen molar-refractivity contribution in [1.82, 2.24) is 14.3 Å². The van der Waals surface area contributed by atoms with Crippen molar-refractivity contribution in [2.24, 2.45) is 0 Å². The molecular formula is C19H17F3N4O2S. The second-order valence-electron chi connectivity index (χ2n) is 6.80. The zero-order valence-corrected chi connectivity index (χ0v) is 16.3. The van der Waals surface area contributed by atoms with E-state index in [0.717, 1.165) is 12.1 Å². The maximum Gasteiger partial charge on any atom is 0.416 e. The van der Waals surface area contributed by atoms with Crippen molar-refractivity contribution in [1.29, 1.82) is 0 Å². The third kappa shape index (κ3) is 3.59. The van der Waals surface area contributed by atoms with E-state index in [4.69, 9.17) is 0 Å². The first kappa shape index (κ1) is 19.4. The van der Waals surface area contributed by atoms with E-state index < -0.39 is 23.2 Å². The van der Waals surface area contributed by atoms with E-state index in [1.54, 1.807) is 23.3 Å². The summed E-state index contributed by atoms with van der Waals surface area (Å²) in [6, 6.07) is 5.14. The molecule has 3 aromatic rings. The van der Waals surface area contributed by atoms with Crippen molar-refractivity contribution < 1.29 is 18.0 Å². The van der Waals surface area contributed by atoms with Crippen molar-refractivity contribution in [2.45, 2.75) is 13.1 Å². The summed E-state index contributed by atoms with van der Waals surface area (Å²) in [4.78, 5) is 33.6. The van der Waals surface area contributed by atoms with Gasteiger partial charge in [-0.05, 0) is 25.1 Å². The molecule has 1 aromatic carbocycles. The number of carbonyl (C=O) groups is 1. The molecule has 0 atom stereocenters. The normalized spacial score (nSPS) is 15.2. The average Bonchev–Trinajstić information content (AvgIpc) is 3.09. The van der Waals surface area contributed by atoms with E-state index in [0.29, 0.717) is 42.5 Å². The fourth-order valence-corrected chi connectivity index (χ4v) is 4.22. The number of alkyl halides is 3. The highest BCUT2D eigenvalue weighted by atomic mass is 32.1. The molecule has 0 saturated carbocycles. The van der Waals surface area contributed by atoms with Crippen LogP contribution in [-0.4, -0.2) is 46.4 Å². The Morgan fingerprint density at radius 3 is 2.59 bits per heavy atom. The van der Waals surface area contributed by atoms with Crippen LogP contribution in [-0.2, 0) is 6.18 Å². The van der Waals surface area contributed by atoms with E-state index in [1.165, 1.54) is 32.9 Å². The number of amides is 1. The molecule has 2 aromatic heterocycles. The Kier molecular flexibility index (Phi) is 4.81. The molecular weight excluding hydrogens is 405 g/mol. The van der Waals surface area contributed by atoms with E-state index in [1.807, 2.05) is 0 Å².